The summed E-state index contributed by atoms with van der Waals surface area (Å²) >= 11 is 0. The van der Waals surface area contributed by atoms with E-state index in [4.69, 9.17) is 11.5 Å². The second kappa shape index (κ2) is 2.13. The summed E-state index contributed by atoms with van der Waals surface area (Å²) in [6, 6.07) is 0. The van der Waals surface area contributed by atoms with Crippen molar-refractivity contribution in [3.8, 4) is 0 Å². The van der Waals surface area contributed by atoms with Crippen LogP contribution in [-0.2, 0) is 0 Å². The highest BCUT2D eigenvalue weighted by Crippen LogP contribution is 2.41. The van der Waals surface area contributed by atoms with Crippen LogP contribution in [-0.4, -0.2) is 6.54 Å². The van der Waals surface area contributed by atoms with E-state index in [-0.39, 0.29) is 5.41 Å². The van der Waals surface area contributed by atoms with Crippen LogP contribution >= 0.6 is 0 Å². The van der Waals surface area contributed by atoms with Gasteiger partial charge in [0, 0.05) is 23.6 Å². The highest BCUT2D eigenvalue weighted by atomic mass is 14.7. The molecule has 4 N–H and O–H groups in total. The van der Waals surface area contributed by atoms with Gasteiger partial charge in [0.1, 0.15) is 0 Å². The molecule has 0 saturated carbocycles. The minimum Gasteiger partial charge on any atom is -0.402 e. The number of rotatable bonds is 3. The lowest BCUT2D eigenvalue weighted by Crippen LogP contribution is -2.29. The Balaban J connectivity index is 2.58. The first-order chi connectivity index (χ1) is 4.64. The summed E-state index contributed by atoms with van der Waals surface area (Å²) in [5, 5.41) is 0. The predicted molar refractivity (Wildman–Crippen MR) is 43.1 cm³/mol. The van der Waals surface area contributed by atoms with Crippen LogP contribution in [0.4, 0.5) is 0 Å². The van der Waals surface area contributed by atoms with Gasteiger partial charge in [-0.1, -0.05) is 19.1 Å². The van der Waals surface area contributed by atoms with Crippen molar-refractivity contribution in [2.45, 2.75) is 6.92 Å². The van der Waals surface area contributed by atoms with Gasteiger partial charge in [-0.05, 0) is 0 Å². The van der Waals surface area contributed by atoms with Crippen molar-refractivity contribution in [2.75, 3.05) is 6.54 Å². The Morgan fingerprint density at radius 2 is 2.40 bits per heavy atom. The van der Waals surface area contributed by atoms with Gasteiger partial charge in [-0.25, -0.2) is 0 Å². The van der Waals surface area contributed by atoms with E-state index in [0.717, 1.165) is 5.70 Å². The van der Waals surface area contributed by atoms with Gasteiger partial charge in [0.05, 0.1) is 0 Å². The summed E-state index contributed by atoms with van der Waals surface area (Å²) in [6.07, 6.45) is 3.91. The van der Waals surface area contributed by atoms with Gasteiger partial charge in [0.2, 0.25) is 0 Å². The second-order valence-corrected chi connectivity index (χ2v) is 3.06. The average Bonchev–Trinajstić information content (AvgIpc) is 2.66. The standard InChI is InChI=1S/C8H14N2/c1-3-8(2,5-9)6-4-7(6)10/h3-4,6H,1,5,9-10H2,2H3. The zero-order chi connectivity index (χ0) is 7.78. The van der Waals surface area contributed by atoms with Crippen LogP contribution < -0.4 is 11.5 Å². The zero-order valence-corrected chi connectivity index (χ0v) is 6.30. The zero-order valence-electron chi connectivity index (χ0n) is 6.30. The molecule has 0 amide bonds. The quantitative estimate of drug-likeness (QED) is 0.561. The van der Waals surface area contributed by atoms with Gasteiger partial charge in [-0.3, -0.25) is 0 Å². The first kappa shape index (κ1) is 7.35. The van der Waals surface area contributed by atoms with E-state index in [1.807, 2.05) is 12.2 Å². The van der Waals surface area contributed by atoms with Crippen LogP contribution in [0.1, 0.15) is 6.92 Å². The molecule has 0 radical (unpaired) electrons. The third kappa shape index (κ3) is 0.948. The Morgan fingerprint density at radius 3 is 2.50 bits per heavy atom. The largest absolute Gasteiger partial charge is 0.402 e. The van der Waals surface area contributed by atoms with Gasteiger partial charge < -0.3 is 11.5 Å². The molecular formula is C8H14N2. The van der Waals surface area contributed by atoms with E-state index in [2.05, 4.69) is 13.5 Å². The molecule has 0 spiro atoms. The Bertz CT molecular complexity index is 184. The molecule has 2 nitrogen and oxygen atoms in total. The van der Waals surface area contributed by atoms with Crippen LogP contribution in [0.2, 0.25) is 0 Å². The molecule has 0 saturated heterocycles. The van der Waals surface area contributed by atoms with E-state index in [9.17, 15) is 0 Å². The molecule has 10 heavy (non-hydrogen) atoms. The molecule has 0 bridgehead atoms. The molecule has 1 rings (SSSR count). The molecule has 0 aliphatic heterocycles. The SMILES string of the molecule is C=CC(C)(CN)C1C=C1N. The van der Waals surface area contributed by atoms with Crippen molar-refractivity contribution in [3.05, 3.63) is 24.4 Å². The summed E-state index contributed by atoms with van der Waals surface area (Å²) in [5.74, 6) is 0.370. The maximum absolute atomic E-state index is 5.56. The third-order valence-corrected chi connectivity index (χ3v) is 2.23. The average molecular weight is 138 g/mol. The van der Waals surface area contributed by atoms with Crippen LogP contribution in [0.15, 0.2) is 24.4 Å². The number of hydrogen-bond donors (Lipinski definition) is 2. The molecule has 1 aliphatic rings. The molecule has 2 unspecified atom stereocenters. The fourth-order valence-electron chi connectivity index (χ4n) is 1.05. The van der Waals surface area contributed by atoms with Crippen molar-refractivity contribution >= 4 is 0 Å². The van der Waals surface area contributed by atoms with Gasteiger partial charge in [-0.15, -0.1) is 6.58 Å². The Labute approximate surface area is 61.6 Å². The molecule has 0 aromatic carbocycles. The summed E-state index contributed by atoms with van der Waals surface area (Å²) in [4.78, 5) is 0. The van der Waals surface area contributed by atoms with Crippen molar-refractivity contribution < 1.29 is 0 Å². The maximum Gasteiger partial charge on any atom is 0.0281 e. The Morgan fingerprint density at radius 1 is 1.90 bits per heavy atom. The summed E-state index contributed by atoms with van der Waals surface area (Å²) in [5.41, 5.74) is 12.1. The van der Waals surface area contributed by atoms with Gasteiger partial charge in [0.15, 0.2) is 0 Å². The first-order valence-electron chi connectivity index (χ1n) is 3.45. The van der Waals surface area contributed by atoms with E-state index < -0.39 is 0 Å². The lowest BCUT2D eigenvalue weighted by Gasteiger charge is -2.23. The molecule has 1 aliphatic carbocycles. The van der Waals surface area contributed by atoms with Crippen LogP contribution in [0.3, 0.4) is 0 Å². The lowest BCUT2D eigenvalue weighted by molar-refractivity contribution is 0.395. The minimum atomic E-state index is -0.00984. The molecule has 2 heteroatoms. The van der Waals surface area contributed by atoms with Crippen LogP contribution in [0, 0.1) is 11.3 Å². The molecule has 0 fully saturated rings. The Kier molecular flexibility index (Phi) is 1.57. The van der Waals surface area contributed by atoms with E-state index in [0.29, 0.717) is 12.5 Å². The van der Waals surface area contributed by atoms with Crippen molar-refractivity contribution in [1.29, 1.82) is 0 Å². The lowest BCUT2D eigenvalue weighted by atomic mass is 9.83. The fraction of sp³-hybridized carbons (Fsp3) is 0.500. The number of hydrogen-bond acceptors (Lipinski definition) is 2. The molecule has 56 valence electrons. The molecule has 0 heterocycles. The normalized spacial score (nSPS) is 28.6. The highest BCUT2D eigenvalue weighted by Gasteiger charge is 2.37. The minimum absolute atomic E-state index is 0.00984. The van der Waals surface area contributed by atoms with Gasteiger partial charge in [-0.2, -0.15) is 0 Å². The molecule has 2 atom stereocenters. The molecule has 0 aromatic rings. The van der Waals surface area contributed by atoms with Crippen LogP contribution in [0.25, 0.3) is 0 Å². The molecule has 0 aromatic heterocycles. The smallest absolute Gasteiger partial charge is 0.0281 e. The monoisotopic (exact) mass is 138 g/mol. The molecular weight excluding hydrogens is 124 g/mol. The third-order valence-electron chi connectivity index (χ3n) is 2.23. The fourth-order valence-corrected chi connectivity index (χ4v) is 1.05. The summed E-state index contributed by atoms with van der Waals surface area (Å²) in [6.45, 7) is 6.41. The Hall–Kier alpha value is -0.760. The summed E-state index contributed by atoms with van der Waals surface area (Å²) in [7, 11) is 0. The maximum atomic E-state index is 5.56. The summed E-state index contributed by atoms with van der Waals surface area (Å²) < 4.78 is 0. The topological polar surface area (TPSA) is 52.0 Å². The van der Waals surface area contributed by atoms with E-state index >= 15 is 0 Å². The van der Waals surface area contributed by atoms with Crippen molar-refractivity contribution in [1.82, 2.24) is 0 Å². The van der Waals surface area contributed by atoms with E-state index in [1.165, 1.54) is 0 Å². The highest BCUT2D eigenvalue weighted by molar-refractivity contribution is 5.32. The second-order valence-electron chi connectivity index (χ2n) is 3.06. The number of allylic oxidation sites excluding steroid dienone is 2. The van der Waals surface area contributed by atoms with Crippen molar-refractivity contribution in [2.24, 2.45) is 22.8 Å². The van der Waals surface area contributed by atoms with E-state index in [1.54, 1.807) is 0 Å². The first-order valence-corrected chi connectivity index (χ1v) is 3.45. The van der Waals surface area contributed by atoms with Crippen LogP contribution in [0.5, 0.6) is 0 Å². The predicted octanol–water partition coefficient (Wildman–Crippen LogP) is 0.610. The van der Waals surface area contributed by atoms with Gasteiger partial charge >= 0.3 is 0 Å². The van der Waals surface area contributed by atoms with Crippen molar-refractivity contribution in [3.63, 3.8) is 0 Å². The van der Waals surface area contributed by atoms with Gasteiger partial charge in [0.25, 0.3) is 0 Å². The number of nitrogens with two attached hydrogens (primary N) is 2.